The fourth-order valence-electron chi connectivity index (χ4n) is 7.08. The molecular weight excluding hydrogens is 584 g/mol. The van der Waals surface area contributed by atoms with Crippen molar-refractivity contribution in [1.82, 2.24) is 0 Å². The van der Waals surface area contributed by atoms with Crippen LogP contribution in [-0.4, -0.2) is 76.0 Å². The van der Waals surface area contributed by atoms with Gasteiger partial charge in [-0.05, 0) is 83.7 Å². The zero-order chi connectivity index (χ0) is 31.0. The summed E-state index contributed by atoms with van der Waals surface area (Å²) in [5, 5.41) is -0.556. The van der Waals surface area contributed by atoms with Gasteiger partial charge in [0.25, 0.3) is 0 Å². The zero-order valence-electron chi connectivity index (χ0n) is 29.1. The highest BCUT2D eigenvalue weighted by Crippen LogP contribution is 2.59. The molecule has 0 aromatic carbocycles. The van der Waals surface area contributed by atoms with Gasteiger partial charge in [-0.15, -0.1) is 9.24 Å². The Morgan fingerprint density at radius 2 is 1.43 bits per heavy atom. The number of epoxide rings is 1. The predicted molar refractivity (Wildman–Crippen MR) is 188 cm³/mol. The normalized spacial score (nSPS) is 21.5. The zero-order valence-corrected chi connectivity index (χ0v) is 34.4. The lowest BCUT2D eigenvalue weighted by Gasteiger charge is -2.58. The van der Waals surface area contributed by atoms with E-state index >= 15 is 0 Å². The number of hydrogen-bond acceptors (Lipinski definition) is 5. The summed E-state index contributed by atoms with van der Waals surface area (Å²) in [6.45, 7) is 35.7. The standard InChI is InChI=1S/C30H69O5PSi4/c1-15-27(38(8,9)10)33-37(7)28(16-2,17-3)30(36,20-6)35-40(14,23-21-22-31-24-26-25-32-26)29(18-4,19-5)34-39(11,12)13/h26-27,37H,15-25,36H2,1-14H3. The molecule has 1 heterocycles. The maximum Gasteiger partial charge on any atom is 0.221 e. The summed E-state index contributed by atoms with van der Waals surface area (Å²) in [5.74, 6) is 0. The van der Waals surface area contributed by atoms with Gasteiger partial charge >= 0.3 is 0 Å². The van der Waals surface area contributed by atoms with E-state index in [1.807, 2.05) is 0 Å². The summed E-state index contributed by atoms with van der Waals surface area (Å²) in [6.07, 6.45) is 7.49. The van der Waals surface area contributed by atoms with Crippen LogP contribution in [0.2, 0.25) is 63.5 Å². The van der Waals surface area contributed by atoms with Gasteiger partial charge in [0, 0.05) is 17.4 Å². The first kappa shape index (κ1) is 39.1. The van der Waals surface area contributed by atoms with Crippen molar-refractivity contribution in [2.24, 2.45) is 0 Å². The Bertz CT molecular complexity index is 735. The van der Waals surface area contributed by atoms with Gasteiger partial charge in [0.2, 0.25) is 8.32 Å². The van der Waals surface area contributed by atoms with Gasteiger partial charge in [-0.3, -0.25) is 0 Å². The van der Waals surface area contributed by atoms with Crippen molar-refractivity contribution in [2.75, 3.05) is 19.8 Å². The van der Waals surface area contributed by atoms with E-state index in [-0.39, 0.29) is 15.6 Å². The molecule has 0 N–H and O–H groups in total. The van der Waals surface area contributed by atoms with Crippen molar-refractivity contribution >= 4 is 43.0 Å². The van der Waals surface area contributed by atoms with E-state index < -0.39 is 33.7 Å². The summed E-state index contributed by atoms with van der Waals surface area (Å²) in [4.78, 5) is 0. The van der Waals surface area contributed by atoms with E-state index in [0.29, 0.717) is 18.4 Å². The first-order valence-electron chi connectivity index (χ1n) is 16.4. The second-order valence-corrected chi connectivity index (χ2v) is 32.0. The van der Waals surface area contributed by atoms with Crippen molar-refractivity contribution in [3.05, 3.63) is 0 Å². The van der Waals surface area contributed by atoms with Gasteiger partial charge in [-0.2, -0.15) is 0 Å². The molecule has 240 valence electrons. The molecule has 5 nitrogen and oxygen atoms in total. The molecule has 1 aliphatic rings. The topological polar surface area (TPSA) is 49.5 Å². The summed E-state index contributed by atoms with van der Waals surface area (Å²) < 4.78 is 33.7. The maximum absolute atomic E-state index is 7.86. The van der Waals surface area contributed by atoms with Gasteiger partial charge in [0.05, 0.1) is 31.9 Å². The van der Waals surface area contributed by atoms with E-state index in [2.05, 4.69) is 103 Å². The van der Waals surface area contributed by atoms with Crippen LogP contribution in [0.4, 0.5) is 0 Å². The van der Waals surface area contributed by atoms with Crippen LogP contribution in [0.1, 0.15) is 86.5 Å². The largest absolute Gasteiger partial charge is 0.420 e. The number of rotatable bonds is 22. The van der Waals surface area contributed by atoms with E-state index in [1.54, 1.807) is 0 Å². The Kier molecular flexibility index (Phi) is 15.5. The highest BCUT2D eigenvalue weighted by Gasteiger charge is 2.60. The molecular formula is C30H69O5PSi4. The van der Waals surface area contributed by atoms with Gasteiger partial charge in [-0.1, -0.05) is 61.2 Å². The van der Waals surface area contributed by atoms with Crippen molar-refractivity contribution in [2.45, 2.75) is 172 Å². The van der Waals surface area contributed by atoms with Crippen LogP contribution in [0.3, 0.4) is 0 Å². The average Bonchev–Trinajstić information content (AvgIpc) is 3.69. The third-order valence-electron chi connectivity index (χ3n) is 9.78. The Balaban J connectivity index is 3.54. The minimum Gasteiger partial charge on any atom is -0.420 e. The molecule has 0 aliphatic carbocycles. The molecule has 6 unspecified atom stereocenters. The Labute approximate surface area is 257 Å². The summed E-state index contributed by atoms with van der Waals surface area (Å²) in [5.41, 5.74) is 0.398. The van der Waals surface area contributed by atoms with Gasteiger partial charge in [0.1, 0.15) is 6.10 Å². The smallest absolute Gasteiger partial charge is 0.221 e. The molecule has 1 saturated heterocycles. The van der Waals surface area contributed by atoms with Crippen molar-refractivity contribution in [3.8, 4) is 0 Å². The summed E-state index contributed by atoms with van der Waals surface area (Å²) >= 11 is 0. The minimum atomic E-state index is -2.47. The van der Waals surface area contributed by atoms with E-state index in [1.165, 1.54) is 0 Å². The summed E-state index contributed by atoms with van der Waals surface area (Å²) in [7, 11) is -4.11. The molecule has 0 amide bonds. The molecule has 1 aliphatic heterocycles. The van der Waals surface area contributed by atoms with Crippen LogP contribution >= 0.6 is 9.24 Å². The van der Waals surface area contributed by atoms with Crippen LogP contribution in [0.5, 0.6) is 0 Å². The fraction of sp³-hybridized carbons (Fsp3) is 1.00. The minimum absolute atomic E-state index is 0.0138. The lowest BCUT2D eigenvalue weighted by Crippen LogP contribution is -2.67. The van der Waals surface area contributed by atoms with E-state index in [0.717, 1.165) is 64.2 Å². The SMILES string of the molecule is CCC(O[SiH](C)C(CC)(CC)C(P)(CC)O[Si](C)(CCCOCC1CO1)C(CC)(CC)O[Si](C)(C)C)[Si](C)(C)C. The second-order valence-electron chi connectivity index (χ2n) is 14.5. The maximum atomic E-state index is 7.86. The van der Waals surface area contributed by atoms with Crippen molar-refractivity contribution < 1.29 is 22.8 Å². The Morgan fingerprint density at radius 3 is 1.80 bits per heavy atom. The third-order valence-corrected chi connectivity index (χ3v) is 23.9. The number of hydrogen-bond donors (Lipinski definition) is 0. The predicted octanol–water partition coefficient (Wildman–Crippen LogP) is 8.90. The van der Waals surface area contributed by atoms with Crippen LogP contribution < -0.4 is 0 Å². The highest BCUT2D eigenvalue weighted by atomic mass is 31.0. The lowest BCUT2D eigenvalue weighted by molar-refractivity contribution is 0.0280. The van der Waals surface area contributed by atoms with Crippen LogP contribution in [0.15, 0.2) is 0 Å². The van der Waals surface area contributed by atoms with Gasteiger partial charge < -0.3 is 22.8 Å². The second kappa shape index (κ2) is 15.9. The molecule has 0 saturated carbocycles. The van der Waals surface area contributed by atoms with E-state index in [4.69, 9.17) is 22.8 Å². The van der Waals surface area contributed by atoms with Crippen LogP contribution in [0, 0.1) is 0 Å². The first-order chi connectivity index (χ1) is 18.4. The lowest BCUT2D eigenvalue weighted by atomic mass is 9.92. The quantitative estimate of drug-likeness (QED) is 0.0506. The fourth-order valence-corrected chi connectivity index (χ4v) is 23.1. The number of ether oxygens (including phenoxy) is 2. The Morgan fingerprint density at radius 1 is 0.875 bits per heavy atom. The molecule has 0 aromatic heterocycles. The molecule has 0 aromatic rings. The molecule has 0 radical (unpaired) electrons. The molecule has 10 heteroatoms. The van der Waals surface area contributed by atoms with Gasteiger partial charge in [0.15, 0.2) is 17.4 Å². The molecule has 6 atom stereocenters. The molecule has 1 rings (SSSR count). The van der Waals surface area contributed by atoms with E-state index in [9.17, 15) is 0 Å². The van der Waals surface area contributed by atoms with Crippen LogP contribution in [0.25, 0.3) is 0 Å². The molecule has 40 heavy (non-hydrogen) atoms. The monoisotopic (exact) mass is 652 g/mol. The van der Waals surface area contributed by atoms with Crippen molar-refractivity contribution in [1.29, 1.82) is 0 Å². The average molecular weight is 653 g/mol. The molecule has 0 bridgehead atoms. The van der Waals surface area contributed by atoms with Crippen molar-refractivity contribution in [3.63, 3.8) is 0 Å². The highest BCUT2D eigenvalue weighted by molar-refractivity contribution is 7.19. The van der Waals surface area contributed by atoms with Gasteiger partial charge in [-0.25, -0.2) is 0 Å². The molecule has 0 spiro atoms. The molecule has 1 fully saturated rings. The summed E-state index contributed by atoms with van der Waals surface area (Å²) in [6, 6.07) is 1.04. The first-order valence-corrected chi connectivity index (χ1v) is 28.8. The third kappa shape index (κ3) is 9.80. The Hall–Kier alpha value is 1.10. The van der Waals surface area contributed by atoms with Crippen LogP contribution in [-0.2, 0) is 22.8 Å².